The van der Waals surface area contributed by atoms with Crippen LogP contribution in [0.25, 0.3) is 4.85 Å². The fourth-order valence-corrected chi connectivity index (χ4v) is 0.614. The molecule has 3 nitrogen and oxygen atoms in total. The Bertz CT molecular complexity index is 231. The predicted octanol–water partition coefficient (Wildman–Crippen LogP) is 1.07. The normalized spacial score (nSPS) is 8.89. The topological polar surface area (TPSA) is 22.2 Å². The molecule has 0 fully saturated rings. The van der Waals surface area contributed by atoms with Gasteiger partial charge in [0.15, 0.2) is 0 Å². The van der Waals surface area contributed by atoms with E-state index in [9.17, 15) is 0 Å². The lowest BCUT2D eigenvalue weighted by atomic mass is 10.5. The van der Waals surface area contributed by atoms with Crippen LogP contribution in [-0.4, -0.2) is 9.78 Å². The first-order valence-electron chi connectivity index (χ1n) is 2.66. The van der Waals surface area contributed by atoms with Gasteiger partial charge in [0.2, 0.25) is 0 Å². The van der Waals surface area contributed by atoms with Gasteiger partial charge in [-0.2, -0.15) is 5.10 Å². The van der Waals surface area contributed by atoms with Crippen molar-refractivity contribution in [3.63, 3.8) is 0 Å². The summed E-state index contributed by atoms with van der Waals surface area (Å²) in [5.41, 5.74) is 0.957. The van der Waals surface area contributed by atoms with Crippen LogP contribution in [0.4, 0.5) is 0 Å². The Morgan fingerprint density at radius 1 is 1.89 bits per heavy atom. The van der Waals surface area contributed by atoms with Crippen molar-refractivity contribution in [1.82, 2.24) is 9.78 Å². The Hall–Kier alpha value is -1.30. The van der Waals surface area contributed by atoms with E-state index in [1.54, 1.807) is 10.9 Å². The number of aromatic nitrogens is 2. The molecule has 0 N–H and O–H groups in total. The van der Waals surface area contributed by atoms with E-state index in [0.717, 1.165) is 5.69 Å². The van der Waals surface area contributed by atoms with Crippen LogP contribution >= 0.6 is 0 Å². The van der Waals surface area contributed by atoms with Gasteiger partial charge in [-0.1, -0.05) is 0 Å². The molecule has 0 atom stereocenters. The van der Waals surface area contributed by atoms with Gasteiger partial charge in [0.05, 0.1) is 5.69 Å². The number of aryl methyl sites for hydroxylation is 1. The maximum atomic E-state index is 6.51. The fraction of sp³-hybridized carbons (Fsp3) is 0.333. The molecule has 46 valence electrons. The molecular weight excluding hydrogens is 114 g/mol. The molecule has 0 bridgehead atoms. The molecule has 3 heteroatoms. The molecule has 0 aliphatic carbocycles. The van der Waals surface area contributed by atoms with Crippen LogP contribution in [0.15, 0.2) is 12.3 Å². The molecule has 1 aromatic rings. The molecule has 0 radical (unpaired) electrons. The van der Waals surface area contributed by atoms with Crippen molar-refractivity contribution in [2.45, 2.75) is 13.6 Å². The SMILES string of the molecule is [C-]#[N+]Cn1ccc(C)n1. The van der Waals surface area contributed by atoms with Gasteiger partial charge >= 0.3 is 6.67 Å². The summed E-state index contributed by atoms with van der Waals surface area (Å²) in [6.45, 7) is 8.74. The standard InChI is InChI=1S/C6H7N3/c1-6-3-4-9(8-6)5-7-2/h3-4H,5H2,1H3. The highest BCUT2D eigenvalue weighted by Gasteiger charge is 1.91. The number of hydrogen-bond acceptors (Lipinski definition) is 1. The summed E-state index contributed by atoms with van der Waals surface area (Å²) in [7, 11) is 0. The van der Waals surface area contributed by atoms with Crippen LogP contribution in [0.3, 0.4) is 0 Å². The quantitative estimate of drug-likeness (QED) is 0.509. The average Bonchev–Trinajstić information content (AvgIpc) is 2.17. The van der Waals surface area contributed by atoms with Gasteiger partial charge < -0.3 is 0 Å². The summed E-state index contributed by atoms with van der Waals surface area (Å²) in [6.07, 6.45) is 1.80. The van der Waals surface area contributed by atoms with Crippen LogP contribution in [0.1, 0.15) is 5.69 Å². The van der Waals surface area contributed by atoms with Crippen LogP contribution in [-0.2, 0) is 6.67 Å². The minimum atomic E-state index is 0.327. The third kappa shape index (κ3) is 1.29. The number of nitrogens with zero attached hydrogens (tertiary/aromatic N) is 3. The Morgan fingerprint density at radius 2 is 2.67 bits per heavy atom. The van der Waals surface area contributed by atoms with Crippen LogP contribution in [0.5, 0.6) is 0 Å². The summed E-state index contributed by atoms with van der Waals surface area (Å²) in [6, 6.07) is 1.88. The zero-order valence-electron chi connectivity index (χ0n) is 5.20. The van der Waals surface area contributed by atoms with Gasteiger partial charge in [-0.25, -0.2) is 11.3 Å². The highest BCUT2D eigenvalue weighted by Crippen LogP contribution is 1.91. The first-order valence-corrected chi connectivity index (χ1v) is 2.66. The van der Waals surface area contributed by atoms with Gasteiger partial charge in [-0.05, 0) is 13.0 Å². The van der Waals surface area contributed by atoms with Crippen molar-refractivity contribution in [2.75, 3.05) is 0 Å². The van der Waals surface area contributed by atoms with Gasteiger partial charge in [-0.3, -0.25) is 4.85 Å². The first-order chi connectivity index (χ1) is 4.33. The van der Waals surface area contributed by atoms with E-state index in [0.29, 0.717) is 6.67 Å². The Morgan fingerprint density at radius 3 is 3.11 bits per heavy atom. The van der Waals surface area contributed by atoms with E-state index in [1.165, 1.54) is 0 Å². The largest absolute Gasteiger partial charge is 0.307 e. The van der Waals surface area contributed by atoms with Gasteiger partial charge in [-0.15, -0.1) is 0 Å². The lowest BCUT2D eigenvalue weighted by molar-refractivity contribution is 0.691. The fourth-order valence-electron chi connectivity index (χ4n) is 0.614. The van der Waals surface area contributed by atoms with Crippen LogP contribution < -0.4 is 0 Å². The molecule has 1 heterocycles. The maximum Gasteiger partial charge on any atom is 0.307 e. The van der Waals surface area contributed by atoms with Crippen molar-refractivity contribution in [3.8, 4) is 0 Å². The minimum Gasteiger partial charge on any atom is -0.291 e. The Kier molecular flexibility index (Phi) is 1.50. The van der Waals surface area contributed by atoms with Crippen molar-refractivity contribution >= 4 is 0 Å². The van der Waals surface area contributed by atoms with E-state index >= 15 is 0 Å². The molecule has 0 spiro atoms. The van der Waals surface area contributed by atoms with Crippen molar-refractivity contribution < 1.29 is 0 Å². The molecule has 0 amide bonds. The highest BCUT2D eigenvalue weighted by atomic mass is 15.3. The first kappa shape index (κ1) is 5.83. The minimum absolute atomic E-state index is 0.327. The van der Waals surface area contributed by atoms with E-state index < -0.39 is 0 Å². The molecule has 0 aromatic carbocycles. The van der Waals surface area contributed by atoms with Gasteiger partial charge in [0.25, 0.3) is 0 Å². The Balaban J connectivity index is 2.76. The van der Waals surface area contributed by atoms with Crippen molar-refractivity contribution in [2.24, 2.45) is 0 Å². The molecule has 0 aliphatic rings. The number of rotatable bonds is 1. The van der Waals surface area contributed by atoms with Crippen LogP contribution in [0.2, 0.25) is 0 Å². The zero-order valence-corrected chi connectivity index (χ0v) is 5.20. The molecule has 0 aliphatic heterocycles. The highest BCUT2D eigenvalue weighted by molar-refractivity contribution is 4.94. The summed E-state index contributed by atoms with van der Waals surface area (Å²) in [5.74, 6) is 0. The lowest BCUT2D eigenvalue weighted by Gasteiger charge is -1.84. The van der Waals surface area contributed by atoms with E-state index in [-0.39, 0.29) is 0 Å². The second-order valence-electron chi connectivity index (χ2n) is 1.80. The van der Waals surface area contributed by atoms with E-state index in [4.69, 9.17) is 6.57 Å². The van der Waals surface area contributed by atoms with E-state index in [2.05, 4.69) is 9.94 Å². The van der Waals surface area contributed by atoms with Gasteiger partial charge in [0.1, 0.15) is 0 Å². The molecule has 0 saturated carbocycles. The second-order valence-corrected chi connectivity index (χ2v) is 1.80. The lowest BCUT2D eigenvalue weighted by Crippen LogP contribution is -1.93. The molecule has 0 unspecified atom stereocenters. The summed E-state index contributed by atoms with van der Waals surface area (Å²) >= 11 is 0. The number of hydrogen-bond donors (Lipinski definition) is 0. The molecular formula is C6H7N3. The maximum absolute atomic E-state index is 6.51. The summed E-state index contributed by atoms with van der Waals surface area (Å²) in [4.78, 5) is 3.17. The summed E-state index contributed by atoms with van der Waals surface area (Å²) in [5, 5.41) is 4.00. The Labute approximate surface area is 53.7 Å². The molecule has 0 saturated heterocycles. The van der Waals surface area contributed by atoms with Crippen molar-refractivity contribution in [1.29, 1.82) is 0 Å². The average molecular weight is 121 g/mol. The second kappa shape index (κ2) is 2.31. The summed E-state index contributed by atoms with van der Waals surface area (Å²) < 4.78 is 1.61. The molecule has 1 aromatic heterocycles. The monoisotopic (exact) mass is 121 g/mol. The molecule has 9 heavy (non-hydrogen) atoms. The smallest absolute Gasteiger partial charge is 0.291 e. The molecule has 1 rings (SSSR count). The van der Waals surface area contributed by atoms with Crippen LogP contribution in [0, 0.1) is 13.5 Å². The third-order valence-electron chi connectivity index (χ3n) is 0.990. The zero-order chi connectivity index (χ0) is 6.69. The van der Waals surface area contributed by atoms with E-state index in [1.807, 2.05) is 13.0 Å². The van der Waals surface area contributed by atoms with Gasteiger partial charge in [0, 0.05) is 6.20 Å². The van der Waals surface area contributed by atoms with Crippen molar-refractivity contribution in [3.05, 3.63) is 29.4 Å². The predicted molar refractivity (Wildman–Crippen MR) is 33.6 cm³/mol. The third-order valence-corrected chi connectivity index (χ3v) is 0.990.